The lowest BCUT2D eigenvalue weighted by Crippen LogP contribution is -1.86. The molecule has 1 rings (SSSR count). The SMILES string of the molecule is C=C(/C=C\C)S/C(C)=C(/C)c1ccccn1. The fourth-order valence-corrected chi connectivity index (χ4v) is 2.11. The molecule has 0 atom stereocenters. The van der Waals surface area contributed by atoms with Crippen molar-refractivity contribution in [2.45, 2.75) is 20.8 Å². The van der Waals surface area contributed by atoms with Crippen molar-refractivity contribution in [1.29, 1.82) is 0 Å². The van der Waals surface area contributed by atoms with E-state index in [1.54, 1.807) is 11.8 Å². The highest BCUT2D eigenvalue weighted by Gasteiger charge is 2.02. The molecule has 0 aliphatic rings. The van der Waals surface area contributed by atoms with Gasteiger partial charge in [-0.2, -0.15) is 0 Å². The number of allylic oxidation sites excluding steroid dienone is 4. The molecule has 0 unspecified atom stereocenters. The van der Waals surface area contributed by atoms with Gasteiger partial charge >= 0.3 is 0 Å². The third-order valence-electron chi connectivity index (χ3n) is 2.21. The first-order valence-electron chi connectivity index (χ1n) is 5.23. The van der Waals surface area contributed by atoms with Crippen LogP contribution < -0.4 is 0 Å². The van der Waals surface area contributed by atoms with Crippen molar-refractivity contribution in [3.05, 3.63) is 58.6 Å². The number of hydrogen-bond donors (Lipinski definition) is 0. The largest absolute Gasteiger partial charge is 0.257 e. The lowest BCUT2D eigenvalue weighted by atomic mass is 10.2. The Bertz CT molecular complexity index is 416. The monoisotopic (exact) mass is 231 g/mol. The zero-order valence-electron chi connectivity index (χ0n) is 10.0. The van der Waals surface area contributed by atoms with Crippen LogP contribution in [0.2, 0.25) is 0 Å². The van der Waals surface area contributed by atoms with Gasteiger partial charge in [-0.3, -0.25) is 4.98 Å². The van der Waals surface area contributed by atoms with E-state index < -0.39 is 0 Å². The van der Waals surface area contributed by atoms with Crippen LogP contribution in [0, 0.1) is 0 Å². The Balaban J connectivity index is 2.85. The Morgan fingerprint density at radius 2 is 2.12 bits per heavy atom. The Labute approximate surface area is 102 Å². The lowest BCUT2D eigenvalue weighted by Gasteiger charge is -2.06. The van der Waals surface area contributed by atoms with Gasteiger partial charge in [0.15, 0.2) is 0 Å². The second-order valence-electron chi connectivity index (χ2n) is 3.46. The minimum atomic E-state index is 1.03. The molecule has 0 aliphatic heterocycles. The summed E-state index contributed by atoms with van der Waals surface area (Å²) in [6.45, 7) is 10.2. The molecule has 84 valence electrons. The van der Waals surface area contributed by atoms with Crippen LogP contribution in [0.1, 0.15) is 26.5 Å². The van der Waals surface area contributed by atoms with Crippen molar-refractivity contribution in [3.63, 3.8) is 0 Å². The standard InChI is InChI=1S/C14H17NS/c1-5-8-11(2)16-13(4)12(3)14-9-6-7-10-15-14/h5-10H,2H2,1,3-4H3/b8-5-,13-12-. The van der Waals surface area contributed by atoms with Crippen LogP contribution >= 0.6 is 11.8 Å². The minimum absolute atomic E-state index is 1.03. The average Bonchev–Trinajstić information content (AvgIpc) is 2.29. The van der Waals surface area contributed by atoms with Crippen molar-refractivity contribution in [3.8, 4) is 0 Å². The second kappa shape index (κ2) is 6.33. The predicted molar refractivity (Wildman–Crippen MR) is 74.1 cm³/mol. The van der Waals surface area contributed by atoms with Crippen LogP contribution in [-0.4, -0.2) is 4.98 Å². The topological polar surface area (TPSA) is 12.9 Å². The molecule has 0 radical (unpaired) electrons. The maximum Gasteiger partial charge on any atom is 0.0666 e. The smallest absolute Gasteiger partial charge is 0.0666 e. The van der Waals surface area contributed by atoms with E-state index in [4.69, 9.17) is 0 Å². The fourth-order valence-electron chi connectivity index (χ4n) is 1.26. The molecule has 0 aliphatic carbocycles. The third kappa shape index (κ3) is 3.70. The van der Waals surface area contributed by atoms with E-state index in [9.17, 15) is 0 Å². The van der Waals surface area contributed by atoms with Crippen LogP contribution in [0.4, 0.5) is 0 Å². The van der Waals surface area contributed by atoms with Gasteiger partial charge in [-0.25, -0.2) is 0 Å². The summed E-state index contributed by atoms with van der Waals surface area (Å²) in [4.78, 5) is 6.62. The molecule has 0 bridgehead atoms. The van der Waals surface area contributed by atoms with Crippen molar-refractivity contribution in [1.82, 2.24) is 4.98 Å². The molecule has 0 aromatic carbocycles. The van der Waals surface area contributed by atoms with Gasteiger partial charge in [0.1, 0.15) is 0 Å². The molecular weight excluding hydrogens is 214 g/mol. The first-order chi connectivity index (χ1) is 7.65. The third-order valence-corrected chi connectivity index (χ3v) is 3.22. The summed E-state index contributed by atoms with van der Waals surface area (Å²) < 4.78 is 0. The molecular formula is C14H17NS. The van der Waals surface area contributed by atoms with Crippen LogP contribution in [-0.2, 0) is 0 Å². The molecule has 16 heavy (non-hydrogen) atoms. The van der Waals surface area contributed by atoms with Crippen LogP contribution in [0.25, 0.3) is 5.57 Å². The van der Waals surface area contributed by atoms with Crippen molar-refractivity contribution in [2.24, 2.45) is 0 Å². The maximum atomic E-state index is 4.33. The number of pyridine rings is 1. The number of aromatic nitrogens is 1. The summed E-state index contributed by atoms with van der Waals surface area (Å²) in [6.07, 6.45) is 5.83. The van der Waals surface area contributed by atoms with Gasteiger partial charge in [-0.15, -0.1) is 0 Å². The summed E-state index contributed by atoms with van der Waals surface area (Å²) in [6, 6.07) is 5.96. The van der Waals surface area contributed by atoms with E-state index in [-0.39, 0.29) is 0 Å². The quantitative estimate of drug-likeness (QED) is 0.699. The first-order valence-corrected chi connectivity index (χ1v) is 6.05. The van der Waals surface area contributed by atoms with Gasteiger partial charge in [-0.1, -0.05) is 36.6 Å². The van der Waals surface area contributed by atoms with E-state index in [0.717, 1.165) is 10.6 Å². The van der Waals surface area contributed by atoms with Gasteiger partial charge in [0.2, 0.25) is 0 Å². The van der Waals surface area contributed by atoms with Crippen molar-refractivity contribution < 1.29 is 0 Å². The molecule has 0 amide bonds. The zero-order valence-corrected chi connectivity index (χ0v) is 10.8. The number of rotatable bonds is 4. The molecule has 0 saturated heterocycles. The predicted octanol–water partition coefficient (Wildman–Crippen LogP) is 4.66. The van der Waals surface area contributed by atoms with Crippen molar-refractivity contribution in [2.75, 3.05) is 0 Å². The highest BCUT2D eigenvalue weighted by molar-refractivity contribution is 8.07. The summed E-state index contributed by atoms with van der Waals surface area (Å²) in [5.41, 5.74) is 2.23. The highest BCUT2D eigenvalue weighted by atomic mass is 32.2. The van der Waals surface area contributed by atoms with Crippen LogP contribution in [0.3, 0.4) is 0 Å². The fraction of sp³-hybridized carbons (Fsp3) is 0.214. The summed E-state index contributed by atoms with van der Waals surface area (Å²) in [5, 5.41) is 0. The Kier molecular flexibility index (Phi) is 5.06. The lowest BCUT2D eigenvalue weighted by molar-refractivity contribution is 1.26. The van der Waals surface area contributed by atoms with Gasteiger partial charge in [0.05, 0.1) is 5.69 Å². The van der Waals surface area contributed by atoms with E-state index in [1.807, 2.05) is 43.5 Å². The van der Waals surface area contributed by atoms with E-state index in [1.165, 1.54) is 10.5 Å². The molecule has 2 heteroatoms. The molecule has 0 spiro atoms. The summed E-state index contributed by atoms with van der Waals surface area (Å²) in [5.74, 6) is 0. The summed E-state index contributed by atoms with van der Waals surface area (Å²) in [7, 11) is 0. The molecule has 1 heterocycles. The minimum Gasteiger partial charge on any atom is -0.257 e. The van der Waals surface area contributed by atoms with Crippen molar-refractivity contribution >= 4 is 17.3 Å². The van der Waals surface area contributed by atoms with Gasteiger partial charge in [-0.05, 0) is 43.4 Å². The number of thioether (sulfide) groups is 1. The molecule has 0 saturated carbocycles. The van der Waals surface area contributed by atoms with Gasteiger partial charge in [0, 0.05) is 11.1 Å². The molecule has 1 aromatic rings. The maximum absolute atomic E-state index is 4.33. The van der Waals surface area contributed by atoms with Crippen LogP contribution in [0.5, 0.6) is 0 Å². The summed E-state index contributed by atoms with van der Waals surface area (Å²) >= 11 is 1.69. The van der Waals surface area contributed by atoms with Crippen LogP contribution in [0.15, 0.2) is 52.9 Å². The number of nitrogens with zero attached hydrogens (tertiary/aromatic N) is 1. The Morgan fingerprint density at radius 1 is 1.38 bits per heavy atom. The van der Waals surface area contributed by atoms with Gasteiger partial charge < -0.3 is 0 Å². The molecule has 1 aromatic heterocycles. The Hall–Kier alpha value is -1.28. The zero-order chi connectivity index (χ0) is 12.0. The average molecular weight is 231 g/mol. The van der Waals surface area contributed by atoms with E-state index in [2.05, 4.69) is 25.4 Å². The van der Waals surface area contributed by atoms with E-state index in [0.29, 0.717) is 0 Å². The second-order valence-corrected chi connectivity index (χ2v) is 4.81. The highest BCUT2D eigenvalue weighted by Crippen LogP contribution is 2.30. The molecule has 0 N–H and O–H groups in total. The Morgan fingerprint density at radius 3 is 2.69 bits per heavy atom. The molecule has 0 fully saturated rings. The number of hydrogen-bond acceptors (Lipinski definition) is 2. The normalized spacial score (nSPS) is 12.7. The van der Waals surface area contributed by atoms with Gasteiger partial charge in [0.25, 0.3) is 0 Å². The first kappa shape index (κ1) is 12.8. The van der Waals surface area contributed by atoms with E-state index >= 15 is 0 Å². The molecule has 1 nitrogen and oxygen atoms in total.